The SMILES string of the molecule is CCCCNC(=O)c1cccc(NC(=S)NC(=O)c2ccc(OC)c(I)c2)c1. The Hall–Kier alpha value is -2.20. The number of carbonyl (C=O) groups is 2. The van der Waals surface area contributed by atoms with Gasteiger partial charge in [0.1, 0.15) is 5.75 Å². The first kappa shape index (κ1) is 22.1. The molecular weight excluding hydrogens is 489 g/mol. The van der Waals surface area contributed by atoms with Crippen LogP contribution in [0.4, 0.5) is 5.69 Å². The fraction of sp³-hybridized carbons (Fsp3) is 0.250. The Kier molecular flexibility index (Phi) is 8.65. The molecule has 2 rings (SSSR count). The number of anilines is 1. The van der Waals surface area contributed by atoms with Crippen LogP contribution in [0.3, 0.4) is 0 Å². The standard InChI is InChI=1S/C20H22IN3O3S/c1-3-4-10-22-18(25)13-6-5-7-15(11-13)23-20(28)24-19(26)14-8-9-17(27-2)16(21)12-14/h5-9,11-12H,3-4,10H2,1-2H3,(H,22,25)(H2,23,24,26,28). The average Bonchev–Trinajstić information content (AvgIpc) is 2.68. The molecule has 0 unspecified atom stereocenters. The number of amides is 2. The van der Waals surface area contributed by atoms with Crippen LogP contribution in [-0.2, 0) is 0 Å². The molecule has 8 heteroatoms. The predicted molar refractivity (Wildman–Crippen MR) is 123 cm³/mol. The highest BCUT2D eigenvalue weighted by atomic mass is 127. The number of hydrogen-bond acceptors (Lipinski definition) is 4. The highest BCUT2D eigenvalue weighted by Crippen LogP contribution is 2.21. The summed E-state index contributed by atoms with van der Waals surface area (Å²) in [6.45, 7) is 2.71. The van der Waals surface area contributed by atoms with E-state index in [4.69, 9.17) is 17.0 Å². The van der Waals surface area contributed by atoms with Gasteiger partial charge in [-0.25, -0.2) is 0 Å². The van der Waals surface area contributed by atoms with Gasteiger partial charge in [-0.3, -0.25) is 14.9 Å². The summed E-state index contributed by atoms with van der Waals surface area (Å²) in [6, 6.07) is 12.1. The molecule has 148 valence electrons. The number of ether oxygens (including phenoxy) is 1. The van der Waals surface area contributed by atoms with Crippen LogP contribution in [0.15, 0.2) is 42.5 Å². The maximum Gasteiger partial charge on any atom is 0.257 e. The molecule has 2 amide bonds. The van der Waals surface area contributed by atoms with Gasteiger partial charge >= 0.3 is 0 Å². The van der Waals surface area contributed by atoms with Gasteiger partial charge in [0.25, 0.3) is 11.8 Å². The zero-order chi connectivity index (χ0) is 20.5. The maximum absolute atomic E-state index is 12.4. The third kappa shape index (κ3) is 6.45. The molecule has 0 saturated carbocycles. The van der Waals surface area contributed by atoms with Crippen LogP contribution in [0, 0.1) is 3.57 Å². The molecule has 28 heavy (non-hydrogen) atoms. The number of methoxy groups -OCH3 is 1. The van der Waals surface area contributed by atoms with Gasteiger partial charge in [-0.2, -0.15) is 0 Å². The molecule has 2 aromatic rings. The van der Waals surface area contributed by atoms with Crippen LogP contribution in [0.1, 0.15) is 40.5 Å². The van der Waals surface area contributed by atoms with Crippen molar-refractivity contribution in [1.82, 2.24) is 10.6 Å². The molecule has 0 atom stereocenters. The first-order valence-corrected chi connectivity index (χ1v) is 10.3. The summed E-state index contributed by atoms with van der Waals surface area (Å²) < 4.78 is 6.02. The molecule has 0 heterocycles. The van der Waals surface area contributed by atoms with Crippen LogP contribution < -0.4 is 20.7 Å². The Morgan fingerprint density at radius 1 is 1.11 bits per heavy atom. The number of carbonyl (C=O) groups excluding carboxylic acids is 2. The lowest BCUT2D eigenvalue weighted by molar-refractivity contribution is 0.0950. The topological polar surface area (TPSA) is 79.5 Å². The smallest absolute Gasteiger partial charge is 0.257 e. The molecule has 0 spiro atoms. The molecule has 0 bridgehead atoms. The van der Waals surface area contributed by atoms with Gasteiger partial charge in [0.15, 0.2) is 5.11 Å². The molecule has 6 nitrogen and oxygen atoms in total. The second-order valence-electron chi connectivity index (χ2n) is 5.95. The quantitative estimate of drug-likeness (QED) is 0.298. The molecular formula is C20H22IN3O3S. The van der Waals surface area contributed by atoms with E-state index in [1.165, 1.54) is 0 Å². The minimum absolute atomic E-state index is 0.139. The van der Waals surface area contributed by atoms with Crippen LogP contribution in [0.25, 0.3) is 0 Å². The third-order valence-electron chi connectivity index (χ3n) is 3.84. The second kappa shape index (κ2) is 11.0. The first-order valence-electron chi connectivity index (χ1n) is 8.78. The number of benzene rings is 2. The van der Waals surface area contributed by atoms with Crippen molar-refractivity contribution in [2.75, 3.05) is 19.0 Å². The van der Waals surface area contributed by atoms with Gasteiger partial charge in [0, 0.05) is 23.4 Å². The highest BCUT2D eigenvalue weighted by Gasteiger charge is 2.11. The van der Waals surface area contributed by atoms with E-state index in [1.807, 2.05) is 0 Å². The van der Waals surface area contributed by atoms with Crippen molar-refractivity contribution in [3.8, 4) is 5.75 Å². The summed E-state index contributed by atoms with van der Waals surface area (Å²) in [6.07, 6.45) is 1.95. The normalized spacial score (nSPS) is 10.1. The Labute approximate surface area is 183 Å². The predicted octanol–water partition coefficient (Wildman–Crippen LogP) is 3.96. The molecule has 0 aliphatic rings. The fourth-order valence-electron chi connectivity index (χ4n) is 2.36. The van der Waals surface area contributed by atoms with Gasteiger partial charge in [-0.1, -0.05) is 19.4 Å². The molecule has 3 N–H and O–H groups in total. The maximum atomic E-state index is 12.4. The number of nitrogens with one attached hydrogen (secondary N) is 3. The summed E-state index contributed by atoms with van der Waals surface area (Å²) in [7, 11) is 1.58. The van der Waals surface area contributed by atoms with Crippen molar-refractivity contribution in [1.29, 1.82) is 0 Å². The number of halogens is 1. The third-order valence-corrected chi connectivity index (χ3v) is 4.89. The fourth-order valence-corrected chi connectivity index (χ4v) is 3.31. The number of hydrogen-bond donors (Lipinski definition) is 3. The van der Waals surface area contributed by atoms with E-state index in [0.717, 1.165) is 16.4 Å². The summed E-state index contributed by atoms with van der Waals surface area (Å²) in [4.78, 5) is 24.5. The van der Waals surface area contributed by atoms with Crippen molar-refractivity contribution >= 4 is 57.4 Å². The van der Waals surface area contributed by atoms with Crippen LogP contribution in [-0.4, -0.2) is 30.6 Å². The lowest BCUT2D eigenvalue weighted by atomic mass is 10.2. The van der Waals surface area contributed by atoms with Crippen molar-refractivity contribution < 1.29 is 14.3 Å². The lowest BCUT2D eigenvalue weighted by Crippen LogP contribution is -2.34. The molecule has 0 fully saturated rings. The Balaban J connectivity index is 1.97. The van der Waals surface area contributed by atoms with Gasteiger partial charge < -0.3 is 15.4 Å². The summed E-state index contributed by atoms with van der Waals surface area (Å²) in [5, 5.41) is 8.59. The van der Waals surface area contributed by atoms with Gasteiger partial charge in [0.05, 0.1) is 10.7 Å². The van der Waals surface area contributed by atoms with Gasteiger partial charge in [-0.05, 0) is 77.6 Å². The van der Waals surface area contributed by atoms with E-state index >= 15 is 0 Å². The van der Waals surface area contributed by atoms with Crippen molar-refractivity contribution in [3.05, 3.63) is 57.2 Å². The first-order chi connectivity index (χ1) is 13.4. The van der Waals surface area contributed by atoms with E-state index in [9.17, 15) is 9.59 Å². The van der Waals surface area contributed by atoms with Crippen LogP contribution >= 0.6 is 34.8 Å². The average molecular weight is 511 g/mol. The van der Waals surface area contributed by atoms with E-state index in [2.05, 4.69) is 45.5 Å². The molecule has 2 aromatic carbocycles. The van der Waals surface area contributed by atoms with Gasteiger partial charge in [0.2, 0.25) is 0 Å². The van der Waals surface area contributed by atoms with E-state index in [1.54, 1.807) is 49.6 Å². The number of rotatable bonds is 7. The second-order valence-corrected chi connectivity index (χ2v) is 7.52. The zero-order valence-electron chi connectivity index (χ0n) is 15.7. The number of thiocarbonyl (C=S) groups is 1. The largest absolute Gasteiger partial charge is 0.496 e. The van der Waals surface area contributed by atoms with Crippen molar-refractivity contribution in [2.24, 2.45) is 0 Å². The van der Waals surface area contributed by atoms with Crippen LogP contribution in [0.2, 0.25) is 0 Å². The Bertz CT molecular complexity index is 874. The molecule has 0 aliphatic carbocycles. The van der Waals surface area contributed by atoms with Gasteiger partial charge in [-0.15, -0.1) is 0 Å². The Morgan fingerprint density at radius 3 is 2.54 bits per heavy atom. The monoisotopic (exact) mass is 511 g/mol. The molecule has 0 aliphatic heterocycles. The lowest BCUT2D eigenvalue weighted by Gasteiger charge is -2.12. The minimum Gasteiger partial charge on any atom is -0.496 e. The summed E-state index contributed by atoms with van der Waals surface area (Å²) in [5.41, 5.74) is 1.62. The minimum atomic E-state index is -0.327. The molecule has 0 saturated heterocycles. The van der Waals surface area contributed by atoms with E-state index in [0.29, 0.717) is 29.1 Å². The zero-order valence-corrected chi connectivity index (χ0v) is 18.6. The molecule has 0 radical (unpaired) electrons. The van der Waals surface area contributed by atoms with E-state index < -0.39 is 0 Å². The van der Waals surface area contributed by atoms with Crippen molar-refractivity contribution in [3.63, 3.8) is 0 Å². The summed E-state index contributed by atoms with van der Waals surface area (Å²) >= 11 is 7.32. The highest BCUT2D eigenvalue weighted by molar-refractivity contribution is 14.1. The Morgan fingerprint density at radius 2 is 1.86 bits per heavy atom. The summed E-state index contributed by atoms with van der Waals surface area (Å²) in [5.74, 6) is 0.235. The van der Waals surface area contributed by atoms with Crippen molar-refractivity contribution in [2.45, 2.75) is 19.8 Å². The van der Waals surface area contributed by atoms with E-state index in [-0.39, 0.29) is 16.9 Å². The number of unbranched alkanes of at least 4 members (excludes halogenated alkanes) is 1. The molecule has 0 aromatic heterocycles. The van der Waals surface area contributed by atoms with Crippen LogP contribution in [0.5, 0.6) is 5.75 Å².